The first-order valence-electron chi connectivity index (χ1n) is 15.3. The van der Waals surface area contributed by atoms with E-state index in [0.717, 1.165) is 42.1 Å². The number of aliphatic hydroxyl groups is 1. The fraction of sp³-hybridized carbons (Fsp3) is 0.485. The van der Waals surface area contributed by atoms with Crippen LogP contribution in [0.1, 0.15) is 45.1 Å². The number of alkyl halides is 1. The highest BCUT2D eigenvalue weighted by molar-refractivity contribution is 6.01. The second-order valence-corrected chi connectivity index (χ2v) is 12.5. The van der Waals surface area contributed by atoms with E-state index in [1.54, 1.807) is 18.3 Å². The second-order valence-electron chi connectivity index (χ2n) is 12.5. The van der Waals surface area contributed by atoms with Crippen LogP contribution >= 0.6 is 0 Å². The molecule has 0 saturated carbocycles. The zero-order valence-corrected chi connectivity index (χ0v) is 24.6. The number of aromatic hydroxyl groups is 1. The summed E-state index contributed by atoms with van der Waals surface area (Å²) in [6, 6.07) is 9.19. The summed E-state index contributed by atoms with van der Waals surface area (Å²) in [7, 11) is 0. The molecule has 5 atom stereocenters. The molecular weight excluding hydrogens is 552 g/mol. The van der Waals surface area contributed by atoms with E-state index in [1.165, 1.54) is 0 Å². The van der Waals surface area contributed by atoms with Crippen LogP contribution in [-0.2, 0) is 6.42 Å². The van der Waals surface area contributed by atoms with Crippen molar-refractivity contribution in [1.82, 2.24) is 19.9 Å². The number of phenolic OH excluding ortho intramolecular Hbond substituents is 1. The van der Waals surface area contributed by atoms with Crippen LogP contribution in [0.15, 0.2) is 36.5 Å². The Kier molecular flexibility index (Phi) is 7.09. The SMILES string of the molecule is CCc1cccc2cc(O)cc(-c3ncc4c(N5CC[C@H](O)C5)nc(OC[C@]56CCCN(C[C@H](F)C5)C6C)nc4c3F)c12. The largest absolute Gasteiger partial charge is 0.508 e. The van der Waals surface area contributed by atoms with E-state index in [2.05, 4.69) is 21.8 Å². The third-order valence-electron chi connectivity index (χ3n) is 9.89. The highest BCUT2D eigenvalue weighted by Gasteiger charge is 2.48. The number of benzene rings is 2. The number of piperidine rings is 2. The Labute approximate surface area is 249 Å². The van der Waals surface area contributed by atoms with E-state index in [1.807, 2.05) is 30.0 Å². The predicted molar refractivity (Wildman–Crippen MR) is 162 cm³/mol. The molecule has 3 aliphatic rings. The van der Waals surface area contributed by atoms with Crippen LogP contribution in [-0.4, -0.2) is 81.2 Å². The normalized spacial score (nSPS) is 27.2. The van der Waals surface area contributed by atoms with Gasteiger partial charge in [-0.05, 0) is 74.0 Å². The summed E-state index contributed by atoms with van der Waals surface area (Å²) < 4.78 is 37.7. The maximum atomic E-state index is 16.7. The average Bonchev–Trinajstić information content (AvgIpc) is 3.42. The Morgan fingerprint density at radius 3 is 2.81 bits per heavy atom. The monoisotopic (exact) mass is 589 g/mol. The minimum absolute atomic E-state index is 0.0176. The Balaban J connectivity index is 1.35. The van der Waals surface area contributed by atoms with Crippen molar-refractivity contribution < 1.29 is 23.7 Å². The summed E-state index contributed by atoms with van der Waals surface area (Å²) in [5.41, 5.74) is 1.25. The molecule has 43 heavy (non-hydrogen) atoms. The number of ether oxygens (including phenoxy) is 1. The number of pyridine rings is 1. The fourth-order valence-corrected chi connectivity index (χ4v) is 7.59. The molecule has 3 saturated heterocycles. The van der Waals surface area contributed by atoms with Crippen LogP contribution in [0.25, 0.3) is 32.9 Å². The molecule has 226 valence electrons. The molecule has 5 heterocycles. The molecule has 8 nitrogen and oxygen atoms in total. The molecular formula is C33H37F2N5O3. The molecule has 4 aromatic rings. The number of anilines is 1. The molecule has 0 spiro atoms. The summed E-state index contributed by atoms with van der Waals surface area (Å²) in [5, 5.41) is 22.9. The second kappa shape index (κ2) is 10.8. The van der Waals surface area contributed by atoms with Gasteiger partial charge >= 0.3 is 6.01 Å². The van der Waals surface area contributed by atoms with Crippen LogP contribution in [0.2, 0.25) is 0 Å². The average molecular weight is 590 g/mol. The van der Waals surface area contributed by atoms with Crippen molar-refractivity contribution >= 4 is 27.5 Å². The summed E-state index contributed by atoms with van der Waals surface area (Å²) in [6.45, 7) is 6.62. The van der Waals surface area contributed by atoms with E-state index in [9.17, 15) is 14.6 Å². The van der Waals surface area contributed by atoms with Gasteiger partial charge in [0.15, 0.2) is 5.82 Å². The minimum atomic E-state index is -0.921. The molecule has 0 amide bonds. The van der Waals surface area contributed by atoms with Gasteiger partial charge in [0.1, 0.15) is 28.9 Å². The van der Waals surface area contributed by atoms with Gasteiger partial charge < -0.3 is 19.8 Å². The van der Waals surface area contributed by atoms with Crippen LogP contribution < -0.4 is 9.64 Å². The van der Waals surface area contributed by atoms with Crippen LogP contribution in [0.5, 0.6) is 11.8 Å². The number of hydrogen-bond donors (Lipinski definition) is 2. The lowest BCUT2D eigenvalue weighted by Gasteiger charge is -2.53. The highest BCUT2D eigenvalue weighted by Crippen LogP contribution is 2.45. The standard InChI is InChI=1S/C33H37F2N5O3/c1-3-20-6-4-7-21-12-24(42)13-25(27(20)21)29-28(35)30-26(15-36-29)31(40-11-8-23(41)17-40)38-32(37-30)43-18-33-9-5-10-39(19(33)2)16-22(34)14-33/h4,6-7,12-13,15,19,22-23,41-42H,3,5,8-11,14,16-18H2,1-2H3/t19?,22-,23+,33+/m1/s1. The molecule has 2 aromatic carbocycles. The number of aromatic nitrogens is 3. The molecule has 0 radical (unpaired) electrons. The van der Waals surface area contributed by atoms with Crippen molar-refractivity contribution in [2.24, 2.45) is 5.41 Å². The summed E-state index contributed by atoms with van der Waals surface area (Å²) in [6.07, 6.45) is 3.65. The maximum absolute atomic E-state index is 16.7. The van der Waals surface area contributed by atoms with Crippen molar-refractivity contribution in [2.45, 2.75) is 64.3 Å². The van der Waals surface area contributed by atoms with Gasteiger partial charge in [-0.15, -0.1) is 0 Å². The highest BCUT2D eigenvalue weighted by atomic mass is 19.1. The zero-order valence-electron chi connectivity index (χ0n) is 24.6. The van der Waals surface area contributed by atoms with Gasteiger partial charge in [-0.25, -0.2) is 8.78 Å². The number of phenols is 1. The lowest BCUT2D eigenvalue weighted by atomic mass is 9.68. The van der Waals surface area contributed by atoms with Crippen LogP contribution in [0.4, 0.5) is 14.6 Å². The van der Waals surface area contributed by atoms with Crippen molar-refractivity contribution in [3.8, 4) is 23.0 Å². The van der Waals surface area contributed by atoms with Crippen molar-refractivity contribution in [3.05, 3.63) is 47.9 Å². The lowest BCUT2D eigenvalue weighted by molar-refractivity contribution is -0.0790. The smallest absolute Gasteiger partial charge is 0.319 e. The first-order chi connectivity index (χ1) is 20.8. The van der Waals surface area contributed by atoms with Crippen LogP contribution in [0, 0.1) is 11.2 Å². The quantitative estimate of drug-likeness (QED) is 0.308. The van der Waals surface area contributed by atoms with E-state index >= 15 is 4.39 Å². The van der Waals surface area contributed by atoms with Crippen molar-refractivity contribution in [2.75, 3.05) is 37.7 Å². The first kappa shape index (κ1) is 28.2. The molecule has 2 unspecified atom stereocenters. The molecule has 2 N–H and O–H groups in total. The number of hydrogen-bond acceptors (Lipinski definition) is 8. The predicted octanol–water partition coefficient (Wildman–Crippen LogP) is 5.41. The summed E-state index contributed by atoms with van der Waals surface area (Å²) in [5.74, 6) is -0.170. The van der Waals surface area contributed by atoms with E-state index in [-0.39, 0.29) is 41.0 Å². The Morgan fingerprint density at radius 2 is 2.02 bits per heavy atom. The number of halogens is 2. The first-order valence-corrected chi connectivity index (χ1v) is 15.3. The minimum Gasteiger partial charge on any atom is -0.508 e. The Morgan fingerprint density at radius 1 is 1.16 bits per heavy atom. The summed E-state index contributed by atoms with van der Waals surface area (Å²) >= 11 is 0. The van der Waals surface area contributed by atoms with Crippen molar-refractivity contribution in [3.63, 3.8) is 0 Å². The van der Waals surface area contributed by atoms with E-state index in [0.29, 0.717) is 49.2 Å². The fourth-order valence-electron chi connectivity index (χ4n) is 7.59. The van der Waals surface area contributed by atoms with Gasteiger partial charge in [-0.2, -0.15) is 9.97 Å². The molecule has 2 aromatic heterocycles. The molecule has 0 aliphatic carbocycles. The van der Waals surface area contributed by atoms with Gasteiger partial charge in [-0.1, -0.05) is 25.1 Å². The third kappa shape index (κ3) is 4.84. The van der Waals surface area contributed by atoms with Crippen molar-refractivity contribution in [1.29, 1.82) is 0 Å². The Bertz CT molecular complexity index is 1700. The van der Waals surface area contributed by atoms with Gasteiger partial charge in [0.25, 0.3) is 0 Å². The topological polar surface area (TPSA) is 94.8 Å². The van der Waals surface area contributed by atoms with E-state index < -0.39 is 18.1 Å². The zero-order chi connectivity index (χ0) is 29.9. The number of nitrogens with zero attached hydrogens (tertiary/aromatic N) is 5. The molecule has 3 aliphatic heterocycles. The van der Waals surface area contributed by atoms with Gasteiger partial charge in [0, 0.05) is 42.9 Å². The lowest BCUT2D eigenvalue weighted by Crippen LogP contribution is -2.60. The number of β-amino-alcohol motifs (C(OH)–C–C–N with tert-alkyl or cyclic N) is 1. The maximum Gasteiger partial charge on any atom is 0.319 e. The van der Waals surface area contributed by atoms with Crippen LogP contribution in [0.3, 0.4) is 0 Å². The Hall–Kier alpha value is -3.63. The summed E-state index contributed by atoms with van der Waals surface area (Å²) in [4.78, 5) is 18.0. The molecule has 7 rings (SSSR count). The third-order valence-corrected chi connectivity index (χ3v) is 9.89. The molecule has 10 heteroatoms. The number of aliphatic hydroxyl groups excluding tert-OH is 1. The van der Waals surface area contributed by atoms with Gasteiger partial charge in [0.05, 0.1) is 18.1 Å². The molecule has 2 bridgehead atoms. The van der Waals surface area contributed by atoms with E-state index in [4.69, 9.17) is 9.72 Å². The number of rotatable bonds is 6. The number of aryl methyl sites for hydroxylation is 1. The van der Waals surface area contributed by atoms with Gasteiger partial charge in [0.2, 0.25) is 0 Å². The van der Waals surface area contributed by atoms with Gasteiger partial charge in [-0.3, -0.25) is 9.88 Å². The molecule has 3 fully saturated rings. The number of fused-ring (bicyclic) bond motifs is 4.